The van der Waals surface area contributed by atoms with E-state index in [2.05, 4.69) is 0 Å². The molecular formula is C17H19NO3S2. The number of amides is 1. The minimum absolute atomic E-state index is 0.0265. The molecule has 122 valence electrons. The van der Waals surface area contributed by atoms with E-state index < -0.39 is 9.84 Å². The SMILES string of the molecule is CCS(=O)(=O)c1ccc(C(=O)N(Cc2cccs2)C2CC2)cc1. The molecular weight excluding hydrogens is 330 g/mol. The molecule has 0 spiro atoms. The predicted molar refractivity (Wildman–Crippen MR) is 91.4 cm³/mol. The Morgan fingerprint density at radius 2 is 1.91 bits per heavy atom. The van der Waals surface area contributed by atoms with Crippen molar-refractivity contribution in [2.75, 3.05) is 5.75 Å². The van der Waals surface area contributed by atoms with Gasteiger partial charge in [0, 0.05) is 16.5 Å². The van der Waals surface area contributed by atoms with Crippen LogP contribution in [0.5, 0.6) is 0 Å². The number of sulfone groups is 1. The van der Waals surface area contributed by atoms with E-state index in [1.165, 1.54) is 12.1 Å². The highest BCUT2D eigenvalue weighted by Gasteiger charge is 2.33. The summed E-state index contributed by atoms with van der Waals surface area (Å²) in [5.41, 5.74) is 0.545. The molecule has 1 heterocycles. The Labute approximate surface area is 140 Å². The minimum Gasteiger partial charge on any atom is -0.331 e. The summed E-state index contributed by atoms with van der Waals surface area (Å²) in [6, 6.07) is 10.6. The molecule has 6 heteroatoms. The largest absolute Gasteiger partial charge is 0.331 e. The molecule has 1 saturated carbocycles. The standard InChI is InChI=1S/C17H19NO3S2/c1-2-23(20,21)16-9-5-13(6-10-16)17(19)18(14-7-8-14)12-15-4-3-11-22-15/h3-6,9-11,14H,2,7-8,12H2,1H3. The zero-order valence-corrected chi connectivity index (χ0v) is 14.6. The van der Waals surface area contributed by atoms with Crippen molar-refractivity contribution in [1.82, 2.24) is 4.90 Å². The second kappa shape index (κ2) is 6.45. The third kappa shape index (κ3) is 3.64. The van der Waals surface area contributed by atoms with Crippen LogP contribution in [0.1, 0.15) is 35.0 Å². The number of carbonyl (C=O) groups excluding carboxylic acids is 1. The van der Waals surface area contributed by atoms with Gasteiger partial charge >= 0.3 is 0 Å². The van der Waals surface area contributed by atoms with Gasteiger partial charge in [0.15, 0.2) is 9.84 Å². The minimum atomic E-state index is -3.23. The molecule has 0 atom stereocenters. The van der Waals surface area contributed by atoms with E-state index in [-0.39, 0.29) is 16.6 Å². The van der Waals surface area contributed by atoms with Crippen molar-refractivity contribution in [3.63, 3.8) is 0 Å². The predicted octanol–water partition coefficient (Wildman–Crippen LogP) is 3.35. The molecule has 0 saturated heterocycles. The van der Waals surface area contributed by atoms with Crippen molar-refractivity contribution in [1.29, 1.82) is 0 Å². The first-order valence-corrected chi connectivity index (χ1v) is 10.2. The Kier molecular flexibility index (Phi) is 4.55. The van der Waals surface area contributed by atoms with Crippen LogP contribution in [-0.2, 0) is 16.4 Å². The highest BCUT2D eigenvalue weighted by molar-refractivity contribution is 7.91. The lowest BCUT2D eigenvalue weighted by molar-refractivity contribution is 0.0731. The summed E-state index contributed by atoms with van der Waals surface area (Å²) in [5.74, 6) is 0.0358. The summed E-state index contributed by atoms with van der Waals surface area (Å²) in [5, 5.41) is 2.01. The maximum Gasteiger partial charge on any atom is 0.254 e. The summed E-state index contributed by atoms with van der Waals surface area (Å²) in [6.45, 7) is 2.24. The zero-order valence-electron chi connectivity index (χ0n) is 12.9. The molecule has 0 N–H and O–H groups in total. The molecule has 1 aromatic heterocycles. The Morgan fingerprint density at radius 1 is 1.22 bits per heavy atom. The number of carbonyl (C=O) groups is 1. The van der Waals surface area contributed by atoms with Crippen LogP contribution < -0.4 is 0 Å². The number of thiophene rings is 1. The molecule has 4 nitrogen and oxygen atoms in total. The number of benzene rings is 1. The Balaban J connectivity index is 1.80. The van der Waals surface area contributed by atoms with Gasteiger partial charge in [0.05, 0.1) is 17.2 Å². The fraction of sp³-hybridized carbons (Fsp3) is 0.353. The smallest absolute Gasteiger partial charge is 0.254 e. The van der Waals surface area contributed by atoms with E-state index in [0.29, 0.717) is 18.2 Å². The average molecular weight is 349 g/mol. The van der Waals surface area contributed by atoms with Gasteiger partial charge in [-0.3, -0.25) is 4.79 Å². The molecule has 0 bridgehead atoms. The number of hydrogen-bond donors (Lipinski definition) is 0. The molecule has 1 aliphatic carbocycles. The van der Waals surface area contributed by atoms with Crippen molar-refractivity contribution in [3.05, 3.63) is 52.2 Å². The van der Waals surface area contributed by atoms with E-state index in [0.717, 1.165) is 17.7 Å². The van der Waals surface area contributed by atoms with Gasteiger partial charge in [0.2, 0.25) is 0 Å². The molecule has 23 heavy (non-hydrogen) atoms. The fourth-order valence-electron chi connectivity index (χ4n) is 2.46. The summed E-state index contributed by atoms with van der Waals surface area (Å²) in [4.78, 5) is 16.1. The first-order valence-electron chi connectivity index (χ1n) is 7.67. The second-order valence-corrected chi connectivity index (χ2v) is 8.98. The molecule has 0 radical (unpaired) electrons. The summed E-state index contributed by atoms with van der Waals surface area (Å²) < 4.78 is 23.7. The van der Waals surface area contributed by atoms with Gasteiger partial charge in [0.25, 0.3) is 5.91 Å². The molecule has 0 unspecified atom stereocenters. The van der Waals surface area contributed by atoms with Gasteiger partial charge in [-0.1, -0.05) is 13.0 Å². The van der Waals surface area contributed by atoms with E-state index in [1.807, 2.05) is 22.4 Å². The van der Waals surface area contributed by atoms with Gasteiger partial charge in [0.1, 0.15) is 0 Å². The van der Waals surface area contributed by atoms with Crippen LogP contribution in [-0.4, -0.2) is 31.0 Å². The average Bonchev–Trinajstić information content (AvgIpc) is 3.28. The third-order valence-electron chi connectivity index (χ3n) is 4.00. The maximum absolute atomic E-state index is 12.8. The molecule has 1 amide bonds. The van der Waals surface area contributed by atoms with Gasteiger partial charge in [-0.25, -0.2) is 8.42 Å². The first kappa shape index (κ1) is 16.2. The number of hydrogen-bond acceptors (Lipinski definition) is 4. The normalized spacial score (nSPS) is 14.7. The molecule has 1 aromatic carbocycles. The van der Waals surface area contributed by atoms with Gasteiger partial charge < -0.3 is 4.90 Å². The highest BCUT2D eigenvalue weighted by atomic mass is 32.2. The highest BCUT2D eigenvalue weighted by Crippen LogP contribution is 2.30. The summed E-state index contributed by atoms with van der Waals surface area (Å²) >= 11 is 1.64. The third-order valence-corrected chi connectivity index (χ3v) is 6.61. The van der Waals surface area contributed by atoms with E-state index >= 15 is 0 Å². The van der Waals surface area contributed by atoms with Crippen LogP contribution in [0.2, 0.25) is 0 Å². The van der Waals surface area contributed by atoms with E-state index in [9.17, 15) is 13.2 Å². The van der Waals surface area contributed by atoms with Crippen LogP contribution in [0.25, 0.3) is 0 Å². The van der Waals surface area contributed by atoms with Crippen molar-refractivity contribution in [3.8, 4) is 0 Å². The van der Waals surface area contributed by atoms with Crippen molar-refractivity contribution in [2.24, 2.45) is 0 Å². The van der Waals surface area contributed by atoms with E-state index in [4.69, 9.17) is 0 Å². The van der Waals surface area contributed by atoms with Crippen LogP contribution >= 0.6 is 11.3 Å². The van der Waals surface area contributed by atoms with Crippen molar-refractivity contribution >= 4 is 27.1 Å². The van der Waals surface area contributed by atoms with Gasteiger partial charge in [-0.15, -0.1) is 11.3 Å². The maximum atomic E-state index is 12.8. The topological polar surface area (TPSA) is 54.5 Å². The monoisotopic (exact) mass is 349 g/mol. The second-order valence-electron chi connectivity index (χ2n) is 5.67. The first-order chi connectivity index (χ1) is 11.0. The van der Waals surface area contributed by atoms with E-state index in [1.54, 1.807) is 30.4 Å². The molecule has 1 fully saturated rings. The van der Waals surface area contributed by atoms with Gasteiger partial charge in [-0.2, -0.15) is 0 Å². The van der Waals surface area contributed by atoms with Crippen LogP contribution in [0, 0.1) is 0 Å². The zero-order chi connectivity index (χ0) is 16.4. The lowest BCUT2D eigenvalue weighted by Gasteiger charge is -2.22. The molecule has 0 aliphatic heterocycles. The van der Waals surface area contributed by atoms with Crippen LogP contribution in [0.3, 0.4) is 0 Å². The number of rotatable bonds is 6. The molecule has 1 aliphatic rings. The van der Waals surface area contributed by atoms with Crippen molar-refractivity contribution in [2.45, 2.75) is 37.2 Å². The lowest BCUT2D eigenvalue weighted by atomic mass is 10.2. The fourth-order valence-corrected chi connectivity index (χ4v) is 4.05. The molecule has 3 rings (SSSR count). The quantitative estimate of drug-likeness (QED) is 0.804. The van der Waals surface area contributed by atoms with Crippen molar-refractivity contribution < 1.29 is 13.2 Å². The Morgan fingerprint density at radius 3 is 2.43 bits per heavy atom. The summed E-state index contributed by atoms with van der Waals surface area (Å²) in [7, 11) is -3.23. The number of nitrogens with zero attached hydrogens (tertiary/aromatic N) is 1. The summed E-state index contributed by atoms with van der Waals surface area (Å²) in [6.07, 6.45) is 2.08. The molecule has 2 aromatic rings. The van der Waals surface area contributed by atoms with Crippen LogP contribution in [0.15, 0.2) is 46.7 Å². The Bertz CT molecular complexity index is 776. The lowest BCUT2D eigenvalue weighted by Crippen LogP contribution is -2.32. The Hall–Kier alpha value is -1.66. The van der Waals surface area contributed by atoms with Gasteiger partial charge in [-0.05, 0) is 48.6 Å². The van der Waals surface area contributed by atoms with Crippen LogP contribution in [0.4, 0.5) is 0 Å².